The van der Waals surface area contributed by atoms with Crippen molar-refractivity contribution in [3.05, 3.63) is 12.4 Å². The highest BCUT2D eigenvalue weighted by molar-refractivity contribution is 5.43. The van der Waals surface area contributed by atoms with Gasteiger partial charge in [-0.2, -0.15) is 4.52 Å². The molecule has 1 saturated heterocycles. The molecule has 1 fully saturated rings. The van der Waals surface area contributed by atoms with E-state index in [-0.39, 0.29) is 0 Å². The third-order valence-corrected chi connectivity index (χ3v) is 3.07. The lowest BCUT2D eigenvalue weighted by atomic mass is 10.1. The molecule has 2 aromatic rings. The molecule has 1 aliphatic rings. The fourth-order valence-corrected chi connectivity index (χ4v) is 2.17. The predicted octanol–water partition coefficient (Wildman–Crippen LogP) is 0.0733. The summed E-state index contributed by atoms with van der Waals surface area (Å²) < 4.78 is 1.66. The Morgan fingerprint density at radius 3 is 3.35 bits per heavy atom. The number of rotatable bonds is 4. The van der Waals surface area contributed by atoms with Gasteiger partial charge in [0.1, 0.15) is 5.82 Å². The molecule has 0 aliphatic carbocycles. The normalized spacial score (nSPS) is 19.9. The van der Waals surface area contributed by atoms with E-state index in [1.54, 1.807) is 16.9 Å². The number of fused-ring (bicyclic) bond motifs is 1. The van der Waals surface area contributed by atoms with Crippen LogP contribution in [0.25, 0.3) is 5.65 Å². The summed E-state index contributed by atoms with van der Waals surface area (Å²) in [5.74, 6) is 0.838. The molecule has 2 aromatic heterocycles. The molecule has 17 heavy (non-hydrogen) atoms. The van der Waals surface area contributed by atoms with Crippen LogP contribution in [0.3, 0.4) is 0 Å². The number of tetrazole rings is 1. The van der Waals surface area contributed by atoms with Gasteiger partial charge in [0.25, 0.3) is 0 Å². The van der Waals surface area contributed by atoms with Crippen LogP contribution in [0, 0.1) is 0 Å². The predicted molar refractivity (Wildman–Crippen MR) is 62.7 cm³/mol. The molecule has 0 amide bonds. The van der Waals surface area contributed by atoms with Crippen molar-refractivity contribution in [1.82, 2.24) is 30.3 Å². The summed E-state index contributed by atoms with van der Waals surface area (Å²) in [5, 5.41) is 18.2. The maximum atomic E-state index is 4.09. The Balaban J connectivity index is 1.62. The van der Waals surface area contributed by atoms with E-state index in [4.69, 9.17) is 0 Å². The topological polar surface area (TPSA) is 80.0 Å². The molecule has 1 aliphatic heterocycles. The molecule has 3 rings (SSSR count). The van der Waals surface area contributed by atoms with Crippen molar-refractivity contribution in [2.75, 3.05) is 18.4 Å². The van der Waals surface area contributed by atoms with Gasteiger partial charge >= 0.3 is 0 Å². The molecular formula is C10H15N7. The highest BCUT2D eigenvalue weighted by Gasteiger charge is 2.13. The molecule has 0 aromatic carbocycles. The van der Waals surface area contributed by atoms with Gasteiger partial charge in [0.05, 0.1) is 12.4 Å². The summed E-state index contributed by atoms with van der Waals surface area (Å²) in [6, 6.07) is 0.642. The van der Waals surface area contributed by atoms with Gasteiger partial charge in [0.15, 0.2) is 5.65 Å². The first-order valence-corrected chi connectivity index (χ1v) is 5.93. The summed E-state index contributed by atoms with van der Waals surface area (Å²) in [7, 11) is 0. The Morgan fingerprint density at radius 1 is 1.47 bits per heavy atom. The molecule has 7 heteroatoms. The second-order valence-corrected chi connectivity index (χ2v) is 4.25. The molecule has 0 radical (unpaired) electrons. The number of nitrogens with one attached hydrogen (secondary N) is 2. The fraction of sp³-hybridized carbons (Fsp3) is 0.600. The van der Waals surface area contributed by atoms with Crippen LogP contribution in [0.4, 0.5) is 5.82 Å². The molecule has 0 bridgehead atoms. The van der Waals surface area contributed by atoms with Crippen molar-refractivity contribution in [3.8, 4) is 0 Å². The fourth-order valence-electron chi connectivity index (χ4n) is 2.17. The molecule has 0 spiro atoms. The van der Waals surface area contributed by atoms with Crippen LogP contribution < -0.4 is 10.6 Å². The highest BCUT2D eigenvalue weighted by Crippen LogP contribution is 2.10. The Hall–Kier alpha value is -1.76. The Morgan fingerprint density at radius 2 is 2.47 bits per heavy atom. The molecule has 1 unspecified atom stereocenters. The first kappa shape index (κ1) is 10.4. The molecule has 1 atom stereocenters. The van der Waals surface area contributed by atoms with Crippen LogP contribution in [-0.2, 0) is 0 Å². The summed E-state index contributed by atoms with van der Waals surface area (Å²) >= 11 is 0. The van der Waals surface area contributed by atoms with Crippen LogP contribution >= 0.6 is 0 Å². The number of hydrogen-bond acceptors (Lipinski definition) is 6. The van der Waals surface area contributed by atoms with E-state index in [9.17, 15) is 0 Å². The van der Waals surface area contributed by atoms with Crippen LogP contribution in [0.15, 0.2) is 12.4 Å². The number of anilines is 1. The van der Waals surface area contributed by atoms with Crippen LogP contribution in [0.5, 0.6) is 0 Å². The SMILES string of the molecule is c1ncc2nnnn2c1NCCC1CCCN1. The third kappa shape index (κ3) is 2.19. The third-order valence-electron chi connectivity index (χ3n) is 3.07. The van der Waals surface area contributed by atoms with Crippen molar-refractivity contribution in [2.24, 2.45) is 0 Å². The standard InChI is InChI=1S/C10H15N7/c1-2-8(12-4-1)3-5-13-9-6-11-7-10-14-15-16-17(9)10/h6-8,12-13H,1-5H2. The van der Waals surface area contributed by atoms with Crippen molar-refractivity contribution < 1.29 is 0 Å². The van der Waals surface area contributed by atoms with Crippen LogP contribution in [0.1, 0.15) is 19.3 Å². The quantitative estimate of drug-likeness (QED) is 0.778. The van der Waals surface area contributed by atoms with Gasteiger partial charge in [-0.05, 0) is 36.2 Å². The lowest BCUT2D eigenvalue weighted by molar-refractivity contribution is 0.573. The first-order valence-electron chi connectivity index (χ1n) is 5.93. The maximum absolute atomic E-state index is 4.09. The van der Waals surface area contributed by atoms with Crippen molar-refractivity contribution >= 4 is 11.5 Å². The van der Waals surface area contributed by atoms with E-state index in [1.165, 1.54) is 12.8 Å². The van der Waals surface area contributed by atoms with Crippen molar-refractivity contribution in [2.45, 2.75) is 25.3 Å². The van der Waals surface area contributed by atoms with Crippen molar-refractivity contribution in [1.29, 1.82) is 0 Å². The zero-order valence-electron chi connectivity index (χ0n) is 9.50. The summed E-state index contributed by atoms with van der Waals surface area (Å²) in [6.45, 7) is 2.05. The van der Waals surface area contributed by atoms with Gasteiger partial charge in [0, 0.05) is 12.6 Å². The molecular weight excluding hydrogens is 218 g/mol. The lowest BCUT2D eigenvalue weighted by Crippen LogP contribution is -2.24. The highest BCUT2D eigenvalue weighted by atomic mass is 15.5. The van der Waals surface area contributed by atoms with E-state index in [0.29, 0.717) is 11.7 Å². The van der Waals surface area contributed by atoms with E-state index >= 15 is 0 Å². The van der Waals surface area contributed by atoms with Crippen molar-refractivity contribution in [3.63, 3.8) is 0 Å². The van der Waals surface area contributed by atoms with E-state index < -0.39 is 0 Å². The van der Waals surface area contributed by atoms with E-state index in [2.05, 4.69) is 31.1 Å². The Kier molecular flexibility index (Phi) is 2.83. The molecule has 3 heterocycles. The maximum Gasteiger partial charge on any atom is 0.199 e. The number of hydrogen-bond donors (Lipinski definition) is 2. The summed E-state index contributed by atoms with van der Waals surface area (Å²) in [4.78, 5) is 4.09. The van der Waals surface area contributed by atoms with Gasteiger partial charge in [0.2, 0.25) is 0 Å². The molecule has 7 nitrogen and oxygen atoms in total. The largest absolute Gasteiger partial charge is 0.369 e. The zero-order valence-corrected chi connectivity index (χ0v) is 9.50. The van der Waals surface area contributed by atoms with Gasteiger partial charge in [-0.1, -0.05) is 0 Å². The summed E-state index contributed by atoms with van der Waals surface area (Å²) in [6.07, 6.45) is 7.05. The van der Waals surface area contributed by atoms with Gasteiger partial charge in [-0.15, -0.1) is 5.10 Å². The summed E-state index contributed by atoms with van der Waals surface area (Å²) in [5.41, 5.74) is 0.661. The Bertz CT molecular complexity index is 488. The van der Waals surface area contributed by atoms with E-state index in [0.717, 1.165) is 25.3 Å². The minimum Gasteiger partial charge on any atom is -0.369 e. The average Bonchev–Trinajstić information content (AvgIpc) is 2.99. The minimum absolute atomic E-state index is 0.642. The number of nitrogens with zero attached hydrogens (tertiary/aromatic N) is 5. The second kappa shape index (κ2) is 4.62. The first-order chi connectivity index (χ1) is 8.43. The van der Waals surface area contributed by atoms with Gasteiger partial charge in [-0.25, -0.2) is 0 Å². The molecule has 2 N–H and O–H groups in total. The van der Waals surface area contributed by atoms with Crippen LogP contribution in [-0.4, -0.2) is 44.2 Å². The molecule has 90 valence electrons. The van der Waals surface area contributed by atoms with Gasteiger partial charge in [-0.3, -0.25) is 4.98 Å². The van der Waals surface area contributed by atoms with Crippen LogP contribution in [0.2, 0.25) is 0 Å². The minimum atomic E-state index is 0.642. The number of aromatic nitrogens is 5. The average molecular weight is 233 g/mol. The van der Waals surface area contributed by atoms with Gasteiger partial charge < -0.3 is 10.6 Å². The monoisotopic (exact) mass is 233 g/mol. The lowest BCUT2D eigenvalue weighted by Gasteiger charge is -2.11. The second-order valence-electron chi connectivity index (χ2n) is 4.25. The molecule has 0 saturated carbocycles. The smallest absolute Gasteiger partial charge is 0.199 e. The zero-order chi connectivity index (χ0) is 11.5. The van der Waals surface area contributed by atoms with E-state index in [1.807, 2.05) is 0 Å². The Labute approximate surface area is 98.6 Å².